The van der Waals surface area contributed by atoms with Gasteiger partial charge in [-0.1, -0.05) is 6.07 Å². The molecule has 0 amide bonds. The van der Waals surface area contributed by atoms with Crippen LogP contribution in [-0.4, -0.2) is 45.7 Å². The van der Waals surface area contributed by atoms with Crippen LogP contribution in [0.3, 0.4) is 0 Å². The molecule has 2 aromatic rings. The lowest BCUT2D eigenvalue weighted by Gasteiger charge is -2.25. The van der Waals surface area contributed by atoms with E-state index in [0.717, 1.165) is 29.8 Å². The number of rotatable bonds is 5. The molecule has 2 N–H and O–H groups in total. The van der Waals surface area contributed by atoms with Gasteiger partial charge < -0.3 is 15.0 Å². The maximum Gasteiger partial charge on any atom is 0.104 e. The van der Waals surface area contributed by atoms with Crippen molar-refractivity contribution < 1.29 is 5.11 Å². The molecule has 19 heavy (non-hydrogen) atoms. The topological polar surface area (TPSA) is 52.1 Å². The van der Waals surface area contributed by atoms with Crippen LogP contribution in [-0.2, 0) is 6.42 Å². The third-order valence-corrected chi connectivity index (χ3v) is 3.10. The van der Waals surface area contributed by atoms with Gasteiger partial charge in [-0.05, 0) is 51.9 Å². The van der Waals surface area contributed by atoms with Crippen molar-refractivity contribution in [2.45, 2.75) is 32.8 Å². The Morgan fingerprint density at radius 1 is 1.37 bits per heavy atom. The van der Waals surface area contributed by atoms with Gasteiger partial charge in [-0.2, -0.15) is 0 Å². The Balaban J connectivity index is 1.97. The highest BCUT2D eigenvalue weighted by Gasteiger charge is 2.15. The summed E-state index contributed by atoms with van der Waals surface area (Å²) in [4.78, 5) is 9.81. The number of hydrogen-bond acceptors (Lipinski definition) is 3. The van der Waals surface area contributed by atoms with Crippen LogP contribution in [0.4, 0.5) is 0 Å². The third kappa shape index (κ3) is 4.04. The van der Waals surface area contributed by atoms with Gasteiger partial charge in [0.25, 0.3) is 0 Å². The molecule has 0 aliphatic carbocycles. The summed E-state index contributed by atoms with van der Waals surface area (Å²) in [6, 6.07) is 6.35. The molecular formula is C15H23N3O. The number of likely N-dealkylation sites (N-methyl/N-ethyl adjacent to an activating group) is 1. The van der Waals surface area contributed by atoms with E-state index in [9.17, 15) is 5.11 Å². The molecule has 4 heteroatoms. The van der Waals surface area contributed by atoms with E-state index in [1.165, 1.54) is 5.56 Å². The van der Waals surface area contributed by atoms with Gasteiger partial charge in [0, 0.05) is 13.1 Å². The maximum absolute atomic E-state index is 9.77. The molecule has 0 aliphatic heterocycles. The first-order valence-corrected chi connectivity index (χ1v) is 6.70. The summed E-state index contributed by atoms with van der Waals surface area (Å²) in [5, 5.41) is 9.77. The van der Waals surface area contributed by atoms with Crippen LogP contribution in [0.5, 0.6) is 0 Å². The highest BCUT2D eigenvalue weighted by atomic mass is 16.3. The van der Waals surface area contributed by atoms with Crippen molar-refractivity contribution in [3.05, 3.63) is 29.6 Å². The Labute approximate surface area is 114 Å². The normalized spacial score (nSPS) is 12.5. The van der Waals surface area contributed by atoms with Crippen molar-refractivity contribution in [1.82, 2.24) is 14.9 Å². The highest BCUT2D eigenvalue weighted by molar-refractivity contribution is 5.75. The standard InChI is InChI=1S/C15H23N3O/c1-11-16-13-6-5-12(9-14(13)17-11)7-8-18(4)10-15(2,3)19/h5-6,9,19H,7-8,10H2,1-4H3,(H,16,17). The zero-order valence-corrected chi connectivity index (χ0v) is 12.2. The molecule has 0 bridgehead atoms. The summed E-state index contributed by atoms with van der Waals surface area (Å²) in [6.45, 7) is 7.25. The van der Waals surface area contributed by atoms with Gasteiger partial charge in [-0.3, -0.25) is 0 Å². The largest absolute Gasteiger partial charge is 0.389 e. The molecule has 0 aliphatic rings. The van der Waals surface area contributed by atoms with Gasteiger partial charge in [-0.15, -0.1) is 0 Å². The van der Waals surface area contributed by atoms with Crippen molar-refractivity contribution in [3.63, 3.8) is 0 Å². The Bertz CT molecular complexity index is 554. The Morgan fingerprint density at radius 3 is 2.79 bits per heavy atom. The van der Waals surface area contributed by atoms with E-state index in [0.29, 0.717) is 6.54 Å². The van der Waals surface area contributed by atoms with E-state index in [1.54, 1.807) is 0 Å². The van der Waals surface area contributed by atoms with E-state index >= 15 is 0 Å². The Hall–Kier alpha value is -1.39. The molecule has 0 saturated heterocycles. The summed E-state index contributed by atoms with van der Waals surface area (Å²) in [6.07, 6.45) is 0.973. The first-order chi connectivity index (χ1) is 8.83. The van der Waals surface area contributed by atoms with E-state index in [-0.39, 0.29) is 0 Å². The molecule has 1 aromatic heterocycles. The van der Waals surface area contributed by atoms with Gasteiger partial charge >= 0.3 is 0 Å². The monoisotopic (exact) mass is 261 g/mol. The molecule has 0 radical (unpaired) electrons. The molecule has 104 valence electrons. The Morgan fingerprint density at radius 2 is 2.11 bits per heavy atom. The fraction of sp³-hybridized carbons (Fsp3) is 0.533. The summed E-state index contributed by atoms with van der Waals surface area (Å²) >= 11 is 0. The van der Waals surface area contributed by atoms with E-state index in [4.69, 9.17) is 0 Å². The van der Waals surface area contributed by atoms with E-state index in [2.05, 4.69) is 33.1 Å². The van der Waals surface area contributed by atoms with Crippen LogP contribution in [0, 0.1) is 6.92 Å². The van der Waals surface area contributed by atoms with E-state index < -0.39 is 5.60 Å². The third-order valence-electron chi connectivity index (χ3n) is 3.10. The van der Waals surface area contributed by atoms with Crippen molar-refractivity contribution in [2.24, 2.45) is 0 Å². The van der Waals surface area contributed by atoms with Gasteiger partial charge in [0.05, 0.1) is 16.6 Å². The van der Waals surface area contributed by atoms with Crippen LogP contribution in [0.25, 0.3) is 11.0 Å². The number of aryl methyl sites for hydroxylation is 1. The van der Waals surface area contributed by atoms with Crippen LogP contribution in [0.15, 0.2) is 18.2 Å². The molecule has 4 nitrogen and oxygen atoms in total. The number of fused-ring (bicyclic) bond motifs is 1. The second-order valence-electron chi connectivity index (χ2n) is 5.97. The highest BCUT2D eigenvalue weighted by Crippen LogP contribution is 2.14. The number of H-pyrrole nitrogens is 1. The molecule has 2 rings (SSSR count). The summed E-state index contributed by atoms with van der Waals surface area (Å²) in [5.74, 6) is 0.950. The lowest BCUT2D eigenvalue weighted by Crippen LogP contribution is -2.37. The van der Waals surface area contributed by atoms with Crippen molar-refractivity contribution in [2.75, 3.05) is 20.1 Å². The minimum atomic E-state index is -0.640. The molecule has 0 spiro atoms. The SMILES string of the molecule is Cc1nc2ccc(CCN(C)CC(C)(C)O)cc2[nH]1. The molecule has 0 atom stereocenters. The number of nitrogens with one attached hydrogen (secondary N) is 1. The molecular weight excluding hydrogens is 238 g/mol. The number of imidazole rings is 1. The first kappa shape index (κ1) is 14.0. The van der Waals surface area contributed by atoms with Crippen molar-refractivity contribution in [3.8, 4) is 0 Å². The molecule has 1 aromatic carbocycles. The summed E-state index contributed by atoms with van der Waals surface area (Å²) < 4.78 is 0. The van der Waals surface area contributed by atoms with Crippen LogP contribution >= 0.6 is 0 Å². The number of aliphatic hydroxyl groups is 1. The van der Waals surface area contributed by atoms with Crippen molar-refractivity contribution in [1.29, 1.82) is 0 Å². The number of benzene rings is 1. The summed E-state index contributed by atoms with van der Waals surface area (Å²) in [5.41, 5.74) is 2.77. The minimum absolute atomic E-state index is 0.640. The van der Waals surface area contributed by atoms with Crippen LogP contribution < -0.4 is 0 Å². The average molecular weight is 261 g/mol. The minimum Gasteiger partial charge on any atom is -0.389 e. The zero-order valence-electron chi connectivity index (χ0n) is 12.2. The molecule has 0 fully saturated rings. The Kier molecular flexibility index (Phi) is 3.92. The predicted octanol–water partition coefficient (Wildman–Crippen LogP) is 2.12. The van der Waals surface area contributed by atoms with Gasteiger partial charge in [0.15, 0.2) is 0 Å². The smallest absolute Gasteiger partial charge is 0.104 e. The fourth-order valence-corrected chi connectivity index (χ4v) is 2.40. The van der Waals surface area contributed by atoms with Crippen molar-refractivity contribution >= 4 is 11.0 Å². The van der Waals surface area contributed by atoms with Crippen LogP contribution in [0.1, 0.15) is 25.2 Å². The maximum atomic E-state index is 9.77. The second kappa shape index (κ2) is 5.31. The van der Waals surface area contributed by atoms with Gasteiger partial charge in [-0.25, -0.2) is 4.98 Å². The number of nitrogens with zero attached hydrogens (tertiary/aromatic N) is 2. The lowest BCUT2D eigenvalue weighted by atomic mass is 10.1. The molecule has 0 saturated carbocycles. The molecule has 1 heterocycles. The zero-order chi connectivity index (χ0) is 14.0. The van der Waals surface area contributed by atoms with Gasteiger partial charge in [0.1, 0.15) is 5.82 Å². The van der Waals surface area contributed by atoms with Gasteiger partial charge in [0.2, 0.25) is 0 Å². The van der Waals surface area contributed by atoms with E-state index in [1.807, 2.05) is 27.8 Å². The average Bonchev–Trinajstić information content (AvgIpc) is 2.63. The van der Waals surface area contributed by atoms with Crippen LogP contribution in [0.2, 0.25) is 0 Å². The second-order valence-corrected chi connectivity index (χ2v) is 5.97. The molecule has 0 unspecified atom stereocenters. The number of aromatic nitrogens is 2. The first-order valence-electron chi connectivity index (χ1n) is 6.70. The quantitative estimate of drug-likeness (QED) is 0.867. The number of hydrogen-bond donors (Lipinski definition) is 2. The lowest BCUT2D eigenvalue weighted by molar-refractivity contribution is 0.0450. The predicted molar refractivity (Wildman–Crippen MR) is 78.3 cm³/mol. The number of aromatic amines is 1. The fourth-order valence-electron chi connectivity index (χ4n) is 2.40. The summed E-state index contributed by atoms with van der Waals surface area (Å²) in [7, 11) is 2.04.